The fourth-order valence-corrected chi connectivity index (χ4v) is 8.13. The van der Waals surface area contributed by atoms with Gasteiger partial charge in [-0.2, -0.15) is 0 Å². The normalized spacial score (nSPS) is 11.8. The van der Waals surface area contributed by atoms with E-state index in [0.717, 1.165) is 71.9 Å². The van der Waals surface area contributed by atoms with Crippen molar-refractivity contribution in [3.63, 3.8) is 0 Å². The summed E-state index contributed by atoms with van der Waals surface area (Å²) in [6.07, 6.45) is 0. The van der Waals surface area contributed by atoms with Crippen LogP contribution in [0.15, 0.2) is 197 Å². The van der Waals surface area contributed by atoms with Crippen LogP contribution in [0.3, 0.4) is 0 Å². The summed E-state index contributed by atoms with van der Waals surface area (Å²) in [4.78, 5) is 2.37. The summed E-state index contributed by atoms with van der Waals surface area (Å²) in [6, 6.07) is 67.0. The molecule has 0 aliphatic heterocycles. The second kappa shape index (κ2) is 11.7. The highest BCUT2D eigenvalue weighted by molar-refractivity contribution is 6.17. The quantitative estimate of drug-likeness (QED) is 0.170. The van der Waals surface area contributed by atoms with Gasteiger partial charge in [0.2, 0.25) is 0 Å². The molecule has 3 heteroatoms. The van der Waals surface area contributed by atoms with Gasteiger partial charge >= 0.3 is 0 Å². The lowest BCUT2D eigenvalue weighted by atomic mass is 9.94. The standard InChI is InChI=1S/C50H31NO2/c1-2-11-32(12-3-1)39-15-4-5-16-40(39)33-13-10-14-36(27-33)51(38-24-26-49-45(30-38)42-17-6-8-19-47(42)52-49)37-23-25-41-34(28-37)21-22-35-29-50-46(31-44(35)41)43-18-7-9-20-48(43)53-50/h1-31H. The monoisotopic (exact) mass is 677 g/mol. The predicted octanol–water partition coefficient (Wildman–Crippen LogP) is 14.6. The zero-order valence-electron chi connectivity index (χ0n) is 28.7. The Labute approximate surface area is 305 Å². The highest BCUT2D eigenvalue weighted by atomic mass is 16.3. The number of hydrogen-bond acceptors (Lipinski definition) is 3. The summed E-state index contributed by atoms with van der Waals surface area (Å²) in [5.41, 5.74) is 11.6. The predicted molar refractivity (Wildman–Crippen MR) is 222 cm³/mol. The van der Waals surface area contributed by atoms with Crippen molar-refractivity contribution in [1.82, 2.24) is 0 Å². The summed E-state index contributed by atoms with van der Waals surface area (Å²) in [7, 11) is 0. The molecule has 11 rings (SSSR count). The van der Waals surface area contributed by atoms with E-state index in [4.69, 9.17) is 8.83 Å². The van der Waals surface area contributed by atoms with Crippen molar-refractivity contribution in [2.75, 3.05) is 4.90 Å². The first kappa shape index (κ1) is 29.6. The zero-order valence-corrected chi connectivity index (χ0v) is 28.7. The molecule has 0 aliphatic carbocycles. The third-order valence-corrected chi connectivity index (χ3v) is 10.6. The van der Waals surface area contributed by atoms with Crippen LogP contribution in [-0.2, 0) is 0 Å². The lowest BCUT2D eigenvalue weighted by Gasteiger charge is -2.27. The van der Waals surface area contributed by atoms with Gasteiger partial charge in [0.25, 0.3) is 0 Å². The van der Waals surface area contributed by atoms with Crippen LogP contribution < -0.4 is 4.90 Å². The van der Waals surface area contributed by atoms with Crippen LogP contribution in [0.1, 0.15) is 0 Å². The van der Waals surface area contributed by atoms with E-state index in [2.05, 4.69) is 169 Å². The zero-order chi connectivity index (χ0) is 34.9. The average Bonchev–Trinajstić information content (AvgIpc) is 3.78. The van der Waals surface area contributed by atoms with Crippen LogP contribution in [0.25, 0.3) is 87.7 Å². The molecule has 11 aromatic rings. The van der Waals surface area contributed by atoms with Gasteiger partial charge in [-0.05, 0) is 111 Å². The SMILES string of the molecule is c1ccc(-c2ccccc2-c2cccc(N(c3ccc4c(ccc5cc6oc7ccccc7c6cc54)c3)c3ccc4oc5ccccc5c4c3)c2)cc1. The Balaban J connectivity index is 1.11. The van der Waals surface area contributed by atoms with E-state index >= 15 is 0 Å². The van der Waals surface area contributed by atoms with Crippen molar-refractivity contribution in [3.8, 4) is 22.3 Å². The molecule has 0 unspecified atom stereocenters. The number of nitrogens with zero attached hydrogens (tertiary/aromatic N) is 1. The summed E-state index contributed by atoms with van der Waals surface area (Å²) >= 11 is 0. The second-order valence-electron chi connectivity index (χ2n) is 13.7. The molecule has 2 heterocycles. The van der Waals surface area contributed by atoms with Gasteiger partial charge < -0.3 is 13.7 Å². The first-order valence-electron chi connectivity index (χ1n) is 18.0. The summed E-state index contributed by atoms with van der Waals surface area (Å²) in [5, 5.41) is 9.24. The Morgan fingerprint density at radius 3 is 1.64 bits per heavy atom. The Bertz CT molecular complexity index is 3190. The van der Waals surface area contributed by atoms with E-state index in [1.54, 1.807) is 0 Å². The van der Waals surface area contributed by atoms with Gasteiger partial charge in [0.05, 0.1) is 0 Å². The van der Waals surface area contributed by atoms with E-state index in [0.29, 0.717) is 0 Å². The number of anilines is 3. The minimum absolute atomic E-state index is 0.878. The van der Waals surface area contributed by atoms with Crippen LogP contribution in [0.5, 0.6) is 0 Å². The topological polar surface area (TPSA) is 29.5 Å². The highest BCUT2D eigenvalue weighted by Crippen LogP contribution is 2.43. The molecule has 3 nitrogen and oxygen atoms in total. The van der Waals surface area contributed by atoms with E-state index in [9.17, 15) is 0 Å². The second-order valence-corrected chi connectivity index (χ2v) is 13.7. The Morgan fingerprint density at radius 1 is 0.283 bits per heavy atom. The van der Waals surface area contributed by atoms with Crippen LogP contribution in [0, 0.1) is 0 Å². The first-order chi connectivity index (χ1) is 26.2. The fourth-order valence-electron chi connectivity index (χ4n) is 8.13. The van der Waals surface area contributed by atoms with Gasteiger partial charge in [-0.25, -0.2) is 0 Å². The van der Waals surface area contributed by atoms with Gasteiger partial charge in [-0.1, -0.05) is 121 Å². The summed E-state index contributed by atoms with van der Waals surface area (Å²) < 4.78 is 12.5. The third kappa shape index (κ3) is 4.82. The van der Waals surface area contributed by atoms with Gasteiger partial charge in [0.1, 0.15) is 22.3 Å². The molecule has 0 bridgehead atoms. The molecule has 0 atom stereocenters. The van der Waals surface area contributed by atoms with Crippen molar-refractivity contribution in [3.05, 3.63) is 188 Å². The van der Waals surface area contributed by atoms with Crippen LogP contribution in [0.2, 0.25) is 0 Å². The maximum absolute atomic E-state index is 6.26. The van der Waals surface area contributed by atoms with Crippen LogP contribution >= 0.6 is 0 Å². The van der Waals surface area contributed by atoms with Crippen molar-refractivity contribution < 1.29 is 8.83 Å². The minimum atomic E-state index is 0.878. The molecule has 0 fully saturated rings. The molecule has 0 amide bonds. The van der Waals surface area contributed by atoms with Crippen molar-refractivity contribution in [2.24, 2.45) is 0 Å². The lowest BCUT2D eigenvalue weighted by molar-refractivity contribution is 0.668. The van der Waals surface area contributed by atoms with E-state index < -0.39 is 0 Å². The molecule has 0 saturated heterocycles. The number of fused-ring (bicyclic) bond motifs is 9. The molecular formula is C50H31NO2. The highest BCUT2D eigenvalue weighted by Gasteiger charge is 2.18. The van der Waals surface area contributed by atoms with E-state index in [1.165, 1.54) is 32.8 Å². The summed E-state index contributed by atoms with van der Waals surface area (Å²) in [5.74, 6) is 0. The molecule has 0 N–H and O–H groups in total. The van der Waals surface area contributed by atoms with Crippen molar-refractivity contribution in [2.45, 2.75) is 0 Å². The maximum atomic E-state index is 6.26. The largest absolute Gasteiger partial charge is 0.456 e. The maximum Gasteiger partial charge on any atom is 0.136 e. The van der Waals surface area contributed by atoms with E-state index in [1.807, 2.05) is 24.3 Å². The first-order valence-corrected chi connectivity index (χ1v) is 18.0. The minimum Gasteiger partial charge on any atom is -0.456 e. The van der Waals surface area contributed by atoms with Gasteiger partial charge in [-0.3, -0.25) is 0 Å². The molecule has 53 heavy (non-hydrogen) atoms. The Hall–Kier alpha value is -7.10. The summed E-state index contributed by atoms with van der Waals surface area (Å²) in [6.45, 7) is 0. The van der Waals surface area contributed by atoms with Crippen molar-refractivity contribution >= 4 is 82.5 Å². The molecule has 0 aliphatic rings. The van der Waals surface area contributed by atoms with E-state index in [-0.39, 0.29) is 0 Å². The molecule has 0 spiro atoms. The number of hydrogen-bond donors (Lipinski definition) is 0. The Morgan fingerprint density at radius 2 is 0.849 bits per heavy atom. The lowest BCUT2D eigenvalue weighted by Crippen LogP contribution is -2.10. The number of furan rings is 2. The van der Waals surface area contributed by atoms with Crippen LogP contribution in [-0.4, -0.2) is 0 Å². The Kier molecular flexibility index (Phi) is 6.55. The molecular weight excluding hydrogens is 647 g/mol. The number of benzene rings is 9. The van der Waals surface area contributed by atoms with Gasteiger partial charge in [0.15, 0.2) is 0 Å². The van der Waals surface area contributed by atoms with Gasteiger partial charge in [-0.15, -0.1) is 0 Å². The molecule has 0 saturated carbocycles. The average molecular weight is 678 g/mol. The molecule has 9 aromatic carbocycles. The number of rotatable bonds is 5. The van der Waals surface area contributed by atoms with Crippen molar-refractivity contribution in [1.29, 1.82) is 0 Å². The smallest absolute Gasteiger partial charge is 0.136 e. The van der Waals surface area contributed by atoms with Gasteiger partial charge in [0, 0.05) is 38.6 Å². The third-order valence-electron chi connectivity index (χ3n) is 10.6. The molecule has 248 valence electrons. The van der Waals surface area contributed by atoms with Crippen LogP contribution in [0.4, 0.5) is 17.1 Å². The molecule has 2 aromatic heterocycles. The number of para-hydroxylation sites is 2. The molecule has 0 radical (unpaired) electrons. The fraction of sp³-hybridized carbons (Fsp3) is 0.